The van der Waals surface area contributed by atoms with Crippen LogP contribution in [0.25, 0.3) is 0 Å². The first-order valence-corrected chi connectivity index (χ1v) is 8.14. The second-order valence-electron chi connectivity index (χ2n) is 5.82. The third-order valence-electron chi connectivity index (χ3n) is 4.23. The van der Waals surface area contributed by atoms with Crippen LogP contribution in [0.3, 0.4) is 0 Å². The minimum absolute atomic E-state index is 0.0809. The lowest BCUT2D eigenvalue weighted by atomic mass is 10.1. The van der Waals surface area contributed by atoms with Crippen molar-refractivity contribution in [1.29, 1.82) is 0 Å². The van der Waals surface area contributed by atoms with E-state index in [1.165, 1.54) is 0 Å². The molecule has 8 heteroatoms. The van der Waals surface area contributed by atoms with Crippen molar-refractivity contribution in [3.05, 3.63) is 35.5 Å². The zero-order valence-corrected chi connectivity index (χ0v) is 14.7. The van der Waals surface area contributed by atoms with Crippen molar-refractivity contribution < 1.29 is 18.7 Å². The van der Waals surface area contributed by atoms with Crippen LogP contribution in [0.4, 0.5) is 0 Å². The van der Waals surface area contributed by atoms with Gasteiger partial charge >= 0.3 is 0 Å². The van der Waals surface area contributed by atoms with E-state index in [4.69, 9.17) is 13.9 Å². The molecule has 0 bridgehead atoms. The van der Waals surface area contributed by atoms with E-state index < -0.39 is 0 Å². The summed E-state index contributed by atoms with van der Waals surface area (Å²) in [5.41, 5.74) is 0.466. The first kappa shape index (κ1) is 17.2. The Morgan fingerprint density at radius 1 is 1.12 bits per heavy atom. The number of carbonyl (C=O) groups is 1. The summed E-state index contributed by atoms with van der Waals surface area (Å²) in [5, 5.41) is 7.85. The minimum Gasteiger partial charge on any atom is -0.496 e. The van der Waals surface area contributed by atoms with Crippen LogP contribution in [0.15, 0.2) is 22.6 Å². The fourth-order valence-corrected chi connectivity index (χ4v) is 2.92. The van der Waals surface area contributed by atoms with Crippen LogP contribution < -0.4 is 9.47 Å². The Balaban J connectivity index is 1.66. The van der Waals surface area contributed by atoms with Gasteiger partial charge in [-0.25, -0.2) is 0 Å². The van der Waals surface area contributed by atoms with E-state index in [0.717, 1.165) is 13.1 Å². The molecule has 1 amide bonds. The third-order valence-corrected chi connectivity index (χ3v) is 4.23. The van der Waals surface area contributed by atoms with Crippen LogP contribution in [0.1, 0.15) is 22.1 Å². The number of ether oxygens (including phenoxy) is 2. The molecule has 0 unspecified atom stereocenters. The molecule has 25 heavy (non-hydrogen) atoms. The molecule has 1 fully saturated rings. The number of hydrogen-bond donors (Lipinski definition) is 0. The predicted octanol–water partition coefficient (Wildman–Crippen LogP) is 1.35. The summed E-state index contributed by atoms with van der Waals surface area (Å²) < 4.78 is 16.1. The number of aryl methyl sites for hydroxylation is 1. The molecule has 1 aromatic heterocycles. The quantitative estimate of drug-likeness (QED) is 0.808. The number of rotatable bonds is 5. The lowest BCUT2D eigenvalue weighted by Gasteiger charge is -2.34. The van der Waals surface area contributed by atoms with Gasteiger partial charge in [-0.15, -0.1) is 10.2 Å². The Kier molecular flexibility index (Phi) is 5.18. The van der Waals surface area contributed by atoms with Crippen molar-refractivity contribution in [1.82, 2.24) is 20.0 Å². The predicted molar refractivity (Wildman–Crippen MR) is 89.8 cm³/mol. The molecule has 0 aliphatic carbocycles. The van der Waals surface area contributed by atoms with Crippen molar-refractivity contribution in [3.8, 4) is 11.5 Å². The monoisotopic (exact) mass is 346 g/mol. The van der Waals surface area contributed by atoms with Gasteiger partial charge in [-0.05, 0) is 12.1 Å². The summed E-state index contributed by atoms with van der Waals surface area (Å²) in [5.74, 6) is 2.12. The summed E-state index contributed by atoms with van der Waals surface area (Å²) in [6.45, 7) is 5.09. The van der Waals surface area contributed by atoms with E-state index in [0.29, 0.717) is 48.5 Å². The summed E-state index contributed by atoms with van der Waals surface area (Å²) >= 11 is 0. The van der Waals surface area contributed by atoms with Gasteiger partial charge in [0.25, 0.3) is 5.91 Å². The van der Waals surface area contributed by atoms with E-state index in [1.54, 1.807) is 39.3 Å². The molecule has 0 spiro atoms. The second-order valence-corrected chi connectivity index (χ2v) is 5.82. The van der Waals surface area contributed by atoms with Gasteiger partial charge in [-0.1, -0.05) is 6.07 Å². The summed E-state index contributed by atoms with van der Waals surface area (Å²) in [4.78, 5) is 16.9. The highest BCUT2D eigenvalue weighted by Crippen LogP contribution is 2.29. The number of hydrogen-bond acceptors (Lipinski definition) is 7. The highest BCUT2D eigenvalue weighted by atomic mass is 16.5. The molecule has 3 rings (SSSR count). The highest BCUT2D eigenvalue weighted by molar-refractivity contribution is 5.99. The van der Waals surface area contributed by atoms with Gasteiger partial charge < -0.3 is 18.8 Å². The zero-order chi connectivity index (χ0) is 17.8. The fourth-order valence-electron chi connectivity index (χ4n) is 2.92. The van der Waals surface area contributed by atoms with E-state index in [1.807, 2.05) is 4.90 Å². The number of amides is 1. The molecule has 0 N–H and O–H groups in total. The average Bonchev–Trinajstić information content (AvgIpc) is 3.05. The van der Waals surface area contributed by atoms with Gasteiger partial charge in [-0.3, -0.25) is 9.69 Å². The van der Waals surface area contributed by atoms with Crippen LogP contribution in [-0.2, 0) is 6.54 Å². The van der Waals surface area contributed by atoms with E-state index in [2.05, 4.69) is 15.1 Å². The second kappa shape index (κ2) is 7.52. The smallest absolute Gasteiger partial charge is 0.261 e. The van der Waals surface area contributed by atoms with Crippen molar-refractivity contribution in [3.63, 3.8) is 0 Å². The Hall–Kier alpha value is -2.61. The van der Waals surface area contributed by atoms with Crippen LogP contribution in [0.5, 0.6) is 11.5 Å². The number of nitrogens with zero attached hydrogens (tertiary/aromatic N) is 4. The number of methoxy groups -OCH3 is 2. The molecule has 0 radical (unpaired) electrons. The first-order chi connectivity index (χ1) is 12.1. The lowest BCUT2D eigenvalue weighted by molar-refractivity contribution is 0.0611. The number of piperazine rings is 1. The van der Waals surface area contributed by atoms with Crippen LogP contribution in [-0.4, -0.2) is 66.3 Å². The van der Waals surface area contributed by atoms with E-state index >= 15 is 0 Å². The van der Waals surface area contributed by atoms with Gasteiger partial charge in [0.2, 0.25) is 11.8 Å². The third kappa shape index (κ3) is 3.74. The van der Waals surface area contributed by atoms with Crippen LogP contribution >= 0.6 is 0 Å². The maximum atomic E-state index is 12.9. The van der Waals surface area contributed by atoms with Gasteiger partial charge in [0.1, 0.15) is 17.1 Å². The van der Waals surface area contributed by atoms with Gasteiger partial charge in [0.05, 0.1) is 20.8 Å². The molecule has 8 nitrogen and oxygen atoms in total. The molecule has 1 aromatic carbocycles. The molecule has 1 saturated heterocycles. The summed E-state index contributed by atoms with van der Waals surface area (Å²) in [6, 6.07) is 5.34. The summed E-state index contributed by atoms with van der Waals surface area (Å²) in [6.07, 6.45) is 0. The molecular formula is C17H22N4O4. The number of carbonyl (C=O) groups excluding carboxylic acids is 1. The lowest BCUT2D eigenvalue weighted by Crippen LogP contribution is -2.48. The maximum absolute atomic E-state index is 12.9. The van der Waals surface area contributed by atoms with Crippen molar-refractivity contribution >= 4 is 5.91 Å². The number of aromatic nitrogens is 2. The average molecular weight is 346 g/mol. The largest absolute Gasteiger partial charge is 0.496 e. The molecule has 134 valence electrons. The first-order valence-electron chi connectivity index (χ1n) is 8.14. The summed E-state index contributed by atoms with van der Waals surface area (Å²) in [7, 11) is 3.10. The van der Waals surface area contributed by atoms with Crippen molar-refractivity contribution in [2.24, 2.45) is 0 Å². The molecule has 1 aliphatic rings. The van der Waals surface area contributed by atoms with Gasteiger partial charge in [-0.2, -0.15) is 0 Å². The molecule has 0 saturated carbocycles. The SMILES string of the molecule is COc1cccc(OC)c1C(=O)N1CCN(Cc2nnc(C)o2)CC1. The van der Waals surface area contributed by atoms with Gasteiger partial charge in [0.15, 0.2) is 0 Å². The van der Waals surface area contributed by atoms with Crippen LogP contribution in [0.2, 0.25) is 0 Å². The highest BCUT2D eigenvalue weighted by Gasteiger charge is 2.27. The van der Waals surface area contributed by atoms with Crippen molar-refractivity contribution in [2.75, 3.05) is 40.4 Å². The Morgan fingerprint density at radius 3 is 2.28 bits per heavy atom. The van der Waals surface area contributed by atoms with E-state index in [9.17, 15) is 4.79 Å². The Bertz CT molecular complexity index is 716. The molecule has 0 atom stereocenters. The maximum Gasteiger partial charge on any atom is 0.261 e. The van der Waals surface area contributed by atoms with Crippen LogP contribution in [0, 0.1) is 6.92 Å². The molecule has 1 aliphatic heterocycles. The normalized spacial score (nSPS) is 15.2. The molecule has 2 aromatic rings. The zero-order valence-electron chi connectivity index (χ0n) is 14.7. The van der Waals surface area contributed by atoms with Gasteiger partial charge in [0, 0.05) is 33.1 Å². The van der Waals surface area contributed by atoms with Crippen molar-refractivity contribution in [2.45, 2.75) is 13.5 Å². The fraction of sp³-hybridized carbons (Fsp3) is 0.471. The number of benzene rings is 1. The van der Waals surface area contributed by atoms with E-state index in [-0.39, 0.29) is 5.91 Å². The topological polar surface area (TPSA) is 80.9 Å². The molecule has 2 heterocycles. The minimum atomic E-state index is -0.0809. The Labute approximate surface area is 146 Å². The Morgan fingerprint density at radius 2 is 1.76 bits per heavy atom. The standard InChI is InChI=1S/C17H22N4O4/c1-12-18-19-15(25-12)11-20-7-9-21(10-8-20)17(22)16-13(23-2)5-4-6-14(16)24-3/h4-6H,7-11H2,1-3H3. The molecular weight excluding hydrogens is 324 g/mol.